The first-order valence-corrected chi connectivity index (χ1v) is 7.06. The molecular formula is C15H21F3N2. The van der Waals surface area contributed by atoms with Gasteiger partial charge in [-0.25, -0.2) is 0 Å². The summed E-state index contributed by atoms with van der Waals surface area (Å²) in [6, 6.07) is 7.99. The van der Waals surface area contributed by atoms with Gasteiger partial charge in [0.25, 0.3) is 0 Å². The van der Waals surface area contributed by atoms with E-state index in [9.17, 15) is 13.2 Å². The van der Waals surface area contributed by atoms with Gasteiger partial charge in [-0.3, -0.25) is 0 Å². The zero-order valence-corrected chi connectivity index (χ0v) is 11.5. The Hall–Kier alpha value is -1.07. The van der Waals surface area contributed by atoms with Crippen molar-refractivity contribution in [1.82, 2.24) is 4.90 Å². The summed E-state index contributed by atoms with van der Waals surface area (Å²) in [5.74, 6) is -1.12. The summed E-state index contributed by atoms with van der Waals surface area (Å²) >= 11 is 0. The number of rotatable bonds is 4. The number of nitrogens with zero attached hydrogens (tertiary/aromatic N) is 1. The maximum atomic E-state index is 12.6. The van der Waals surface area contributed by atoms with E-state index in [1.807, 2.05) is 24.3 Å². The first kappa shape index (κ1) is 15.3. The number of piperidine rings is 1. The molecule has 0 saturated carbocycles. The first-order chi connectivity index (χ1) is 9.50. The van der Waals surface area contributed by atoms with E-state index in [2.05, 4.69) is 4.90 Å². The normalized spacial score (nSPS) is 18.4. The van der Waals surface area contributed by atoms with Crippen LogP contribution in [0, 0.1) is 5.92 Å². The predicted molar refractivity (Wildman–Crippen MR) is 73.3 cm³/mol. The Bertz CT molecular complexity index is 423. The Morgan fingerprint density at radius 2 is 1.70 bits per heavy atom. The van der Waals surface area contributed by atoms with Crippen LogP contribution in [0.15, 0.2) is 24.3 Å². The Labute approximate surface area is 117 Å². The average Bonchev–Trinajstić information content (AvgIpc) is 2.45. The molecule has 2 nitrogen and oxygen atoms in total. The van der Waals surface area contributed by atoms with Gasteiger partial charge in [-0.2, -0.15) is 13.2 Å². The van der Waals surface area contributed by atoms with E-state index < -0.39 is 12.1 Å². The lowest BCUT2D eigenvalue weighted by atomic mass is 9.96. The second-order valence-electron chi connectivity index (χ2n) is 5.38. The molecule has 1 aliphatic heterocycles. The SMILES string of the molecule is NCc1ccccc1CCN1CCC(C(F)(F)F)CC1. The van der Waals surface area contributed by atoms with Gasteiger partial charge in [0.15, 0.2) is 0 Å². The molecule has 0 atom stereocenters. The highest BCUT2D eigenvalue weighted by Gasteiger charge is 2.40. The molecule has 112 valence electrons. The summed E-state index contributed by atoms with van der Waals surface area (Å²) in [7, 11) is 0. The second-order valence-corrected chi connectivity index (χ2v) is 5.38. The third-order valence-electron chi connectivity index (χ3n) is 4.09. The molecule has 0 aromatic heterocycles. The van der Waals surface area contributed by atoms with Crippen molar-refractivity contribution >= 4 is 0 Å². The van der Waals surface area contributed by atoms with Crippen LogP contribution in [0.4, 0.5) is 13.2 Å². The minimum atomic E-state index is -4.03. The van der Waals surface area contributed by atoms with Crippen molar-refractivity contribution in [3.8, 4) is 0 Å². The smallest absolute Gasteiger partial charge is 0.326 e. The first-order valence-electron chi connectivity index (χ1n) is 7.06. The molecule has 1 saturated heterocycles. The predicted octanol–water partition coefficient (Wildman–Crippen LogP) is 2.96. The van der Waals surface area contributed by atoms with E-state index in [0.717, 1.165) is 18.5 Å². The maximum absolute atomic E-state index is 12.6. The Kier molecular flexibility index (Phi) is 5.05. The van der Waals surface area contributed by atoms with Gasteiger partial charge < -0.3 is 10.6 Å². The van der Waals surface area contributed by atoms with Crippen LogP contribution >= 0.6 is 0 Å². The third kappa shape index (κ3) is 3.96. The van der Waals surface area contributed by atoms with Crippen LogP contribution in [0.1, 0.15) is 24.0 Å². The van der Waals surface area contributed by atoms with Crippen molar-refractivity contribution in [3.63, 3.8) is 0 Å². The van der Waals surface area contributed by atoms with Gasteiger partial charge in [-0.15, -0.1) is 0 Å². The lowest BCUT2D eigenvalue weighted by molar-refractivity contribution is -0.185. The van der Waals surface area contributed by atoms with E-state index in [0.29, 0.717) is 19.6 Å². The molecule has 1 aliphatic rings. The lowest BCUT2D eigenvalue weighted by Gasteiger charge is -2.32. The molecule has 0 bridgehead atoms. The third-order valence-corrected chi connectivity index (χ3v) is 4.09. The standard InChI is InChI=1S/C15H21F3N2/c16-15(17,18)14-6-9-20(10-7-14)8-5-12-3-1-2-4-13(12)11-19/h1-4,14H,5-11,19H2. The Morgan fingerprint density at radius 3 is 2.25 bits per heavy atom. The molecule has 0 unspecified atom stereocenters. The van der Waals surface area contributed by atoms with Gasteiger partial charge in [0.1, 0.15) is 0 Å². The van der Waals surface area contributed by atoms with Gasteiger partial charge in [0.05, 0.1) is 5.92 Å². The molecule has 0 aliphatic carbocycles. The maximum Gasteiger partial charge on any atom is 0.391 e. The van der Waals surface area contributed by atoms with Gasteiger partial charge in [-0.05, 0) is 43.5 Å². The molecule has 1 heterocycles. The van der Waals surface area contributed by atoms with Crippen LogP contribution in [0.25, 0.3) is 0 Å². The number of likely N-dealkylation sites (tertiary alicyclic amines) is 1. The molecule has 2 N–H and O–H groups in total. The van der Waals surface area contributed by atoms with Gasteiger partial charge >= 0.3 is 6.18 Å². The topological polar surface area (TPSA) is 29.3 Å². The van der Waals surface area contributed by atoms with E-state index in [4.69, 9.17) is 5.73 Å². The summed E-state index contributed by atoms with van der Waals surface area (Å²) in [5, 5.41) is 0. The van der Waals surface area contributed by atoms with E-state index in [1.54, 1.807) is 0 Å². The molecule has 0 amide bonds. The molecule has 0 spiro atoms. The van der Waals surface area contributed by atoms with Crippen LogP contribution in [-0.2, 0) is 13.0 Å². The largest absolute Gasteiger partial charge is 0.391 e. The molecule has 5 heteroatoms. The Morgan fingerprint density at radius 1 is 1.10 bits per heavy atom. The monoisotopic (exact) mass is 286 g/mol. The number of halogens is 3. The number of hydrogen-bond donors (Lipinski definition) is 1. The second kappa shape index (κ2) is 6.59. The minimum Gasteiger partial charge on any atom is -0.326 e. The average molecular weight is 286 g/mol. The van der Waals surface area contributed by atoms with Gasteiger partial charge in [0, 0.05) is 13.1 Å². The fourth-order valence-electron chi connectivity index (χ4n) is 2.76. The van der Waals surface area contributed by atoms with E-state index >= 15 is 0 Å². The molecule has 1 fully saturated rings. The van der Waals surface area contributed by atoms with Crippen LogP contribution in [0.3, 0.4) is 0 Å². The molecular weight excluding hydrogens is 265 g/mol. The quantitative estimate of drug-likeness (QED) is 0.922. The van der Waals surface area contributed by atoms with Crippen molar-refractivity contribution in [2.75, 3.05) is 19.6 Å². The van der Waals surface area contributed by atoms with Crippen molar-refractivity contribution in [1.29, 1.82) is 0 Å². The highest BCUT2D eigenvalue weighted by Crippen LogP contribution is 2.34. The summed E-state index contributed by atoms with van der Waals surface area (Å²) in [6.07, 6.45) is -2.73. The lowest BCUT2D eigenvalue weighted by Crippen LogP contribution is -2.39. The van der Waals surface area contributed by atoms with E-state index in [-0.39, 0.29) is 12.8 Å². The molecule has 20 heavy (non-hydrogen) atoms. The van der Waals surface area contributed by atoms with Crippen molar-refractivity contribution < 1.29 is 13.2 Å². The van der Waals surface area contributed by atoms with Crippen molar-refractivity contribution in [2.45, 2.75) is 32.0 Å². The number of benzene rings is 1. The summed E-state index contributed by atoms with van der Waals surface area (Å²) < 4.78 is 37.8. The van der Waals surface area contributed by atoms with E-state index in [1.165, 1.54) is 5.56 Å². The number of nitrogens with two attached hydrogens (primary N) is 1. The highest BCUT2D eigenvalue weighted by molar-refractivity contribution is 5.27. The van der Waals surface area contributed by atoms with Crippen LogP contribution in [0.2, 0.25) is 0 Å². The molecule has 1 aromatic carbocycles. The van der Waals surface area contributed by atoms with Crippen LogP contribution in [0.5, 0.6) is 0 Å². The van der Waals surface area contributed by atoms with Gasteiger partial charge in [0.2, 0.25) is 0 Å². The number of hydrogen-bond acceptors (Lipinski definition) is 2. The zero-order valence-electron chi connectivity index (χ0n) is 11.5. The van der Waals surface area contributed by atoms with Crippen LogP contribution < -0.4 is 5.73 Å². The molecule has 1 aromatic rings. The summed E-state index contributed by atoms with van der Waals surface area (Å²) in [5.41, 5.74) is 8.01. The van der Waals surface area contributed by atoms with Crippen LogP contribution in [-0.4, -0.2) is 30.7 Å². The van der Waals surface area contributed by atoms with Crippen molar-refractivity contribution in [3.05, 3.63) is 35.4 Å². The number of alkyl halides is 3. The highest BCUT2D eigenvalue weighted by atomic mass is 19.4. The fourth-order valence-corrected chi connectivity index (χ4v) is 2.76. The molecule has 2 rings (SSSR count). The van der Waals surface area contributed by atoms with Gasteiger partial charge in [-0.1, -0.05) is 24.3 Å². The fraction of sp³-hybridized carbons (Fsp3) is 0.600. The summed E-state index contributed by atoms with van der Waals surface area (Å²) in [6.45, 7) is 2.39. The van der Waals surface area contributed by atoms with Crippen molar-refractivity contribution in [2.24, 2.45) is 11.7 Å². The Balaban J connectivity index is 1.82. The summed E-state index contributed by atoms with van der Waals surface area (Å²) in [4.78, 5) is 2.12. The zero-order chi connectivity index (χ0) is 14.6. The minimum absolute atomic E-state index is 0.224. The molecule has 0 radical (unpaired) electrons.